The summed E-state index contributed by atoms with van der Waals surface area (Å²) >= 11 is 0. The second-order valence-electron chi connectivity index (χ2n) is 12.6. The van der Waals surface area contributed by atoms with Crippen LogP contribution in [0.1, 0.15) is 30.5 Å². The lowest BCUT2D eigenvalue weighted by atomic mass is 10.0. The molecule has 0 radical (unpaired) electrons. The zero-order valence-corrected chi connectivity index (χ0v) is 29.4. The van der Waals surface area contributed by atoms with Crippen LogP contribution in [0.3, 0.4) is 0 Å². The van der Waals surface area contributed by atoms with Crippen LogP contribution in [0.15, 0.2) is 144 Å². The number of anilines is 1. The number of sulfonamides is 1. The SMILES string of the molecule is Cc1ccc(CN(C(=O)CN(c2ccc(Oc3ccccc3)cc2)S(=O)(=O)c2ccccc2)[C@@H](Cc2ccccc2)C(=O)NCC(C)C)cc1. The zero-order chi connectivity index (χ0) is 35.5. The van der Waals surface area contributed by atoms with Gasteiger partial charge in [-0.05, 0) is 72.5 Å². The number of benzene rings is 5. The molecule has 258 valence electrons. The van der Waals surface area contributed by atoms with Crippen molar-refractivity contribution in [3.8, 4) is 11.5 Å². The van der Waals surface area contributed by atoms with Gasteiger partial charge < -0.3 is 15.0 Å². The summed E-state index contributed by atoms with van der Waals surface area (Å²) in [5, 5.41) is 3.02. The standard InChI is InChI=1S/C41H43N3O5S/c1-31(2)28-42-41(46)39(27-33-13-7-4-8-14-33)43(29-34-21-19-32(3)20-22-34)40(45)30-44(50(47,48)38-17-11-6-12-18-38)35-23-25-37(26-24-35)49-36-15-9-5-10-16-36/h4-26,31,39H,27-30H2,1-3H3,(H,42,46)/t39-/m0/s1. The van der Waals surface area contributed by atoms with Crippen molar-refractivity contribution in [2.75, 3.05) is 17.4 Å². The van der Waals surface area contributed by atoms with Crippen LogP contribution in [0, 0.1) is 12.8 Å². The molecule has 50 heavy (non-hydrogen) atoms. The van der Waals surface area contributed by atoms with E-state index in [4.69, 9.17) is 4.74 Å². The van der Waals surface area contributed by atoms with Crippen molar-refractivity contribution in [1.82, 2.24) is 10.2 Å². The molecule has 1 atom stereocenters. The van der Waals surface area contributed by atoms with E-state index in [0.29, 0.717) is 18.0 Å². The molecule has 9 heteroatoms. The number of aryl methyl sites for hydroxylation is 1. The number of nitrogens with zero attached hydrogens (tertiary/aromatic N) is 2. The highest BCUT2D eigenvalue weighted by Gasteiger charge is 2.34. The summed E-state index contributed by atoms with van der Waals surface area (Å²) in [4.78, 5) is 30.2. The van der Waals surface area contributed by atoms with Gasteiger partial charge in [-0.1, -0.05) is 110 Å². The van der Waals surface area contributed by atoms with Gasteiger partial charge in [-0.15, -0.1) is 0 Å². The van der Waals surface area contributed by atoms with E-state index in [-0.39, 0.29) is 35.4 Å². The highest BCUT2D eigenvalue weighted by Crippen LogP contribution is 2.29. The van der Waals surface area contributed by atoms with Gasteiger partial charge in [0.25, 0.3) is 10.0 Å². The third kappa shape index (κ3) is 9.60. The number of nitrogens with one attached hydrogen (secondary N) is 1. The monoisotopic (exact) mass is 689 g/mol. The van der Waals surface area contributed by atoms with Crippen LogP contribution in [0.5, 0.6) is 11.5 Å². The Hall–Kier alpha value is -5.41. The van der Waals surface area contributed by atoms with E-state index >= 15 is 0 Å². The van der Waals surface area contributed by atoms with Gasteiger partial charge in [0.1, 0.15) is 24.1 Å². The molecular formula is C41H43N3O5S. The van der Waals surface area contributed by atoms with Crippen molar-refractivity contribution in [2.45, 2.75) is 44.7 Å². The molecular weight excluding hydrogens is 647 g/mol. The van der Waals surface area contributed by atoms with Gasteiger partial charge in [0.2, 0.25) is 11.8 Å². The maximum absolute atomic E-state index is 14.7. The first-order chi connectivity index (χ1) is 24.1. The minimum Gasteiger partial charge on any atom is -0.457 e. The van der Waals surface area contributed by atoms with Crippen molar-refractivity contribution in [1.29, 1.82) is 0 Å². The maximum Gasteiger partial charge on any atom is 0.264 e. The van der Waals surface area contributed by atoms with E-state index in [1.165, 1.54) is 17.0 Å². The van der Waals surface area contributed by atoms with E-state index in [0.717, 1.165) is 21.0 Å². The summed E-state index contributed by atoms with van der Waals surface area (Å²) in [6, 6.07) is 40.2. The molecule has 8 nitrogen and oxygen atoms in total. The Morgan fingerprint density at radius 3 is 1.86 bits per heavy atom. The number of hydrogen-bond donors (Lipinski definition) is 1. The molecule has 0 fully saturated rings. The van der Waals surface area contributed by atoms with Gasteiger partial charge in [0.05, 0.1) is 10.6 Å². The first kappa shape index (κ1) is 35.9. The predicted octanol–water partition coefficient (Wildman–Crippen LogP) is 7.39. The van der Waals surface area contributed by atoms with E-state index in [2.05, 4.69) is 5.32 Å². The van der Waals surface area contributed by atoms with Gasteiger partial charge in [-0.25, -0.2) is 8.42 Å². The minimum atomic E-state index is -4.21. The largest absolute Gasteiger partial charge is 0.457 e. The average molecular weight is 690 g/mol. The number of hydrogen-bond acceptors (Lipinski definition) is 5. The summed E-state index contributed by atoms with van der Waals surface area (Å²) in [5.74, 6) is 0.515. The molecule has 2 amide bonds. The van der Waals surface area contributed by atoms with Crippen molar-refractivity contribution in [3.05, 3.63) is 156 Å². The predicted molar refractivity (Wildman–Crippen MR) is 197 cm³/mol. The van der Waals surface area contributed by atoms with Crippen LogP contribution < -0.4 is 14.4 Å². The maximum atomic E-state index is 14.7. The van der Waals surface area contributed by atoms with Gasteiger partial charge >= 0.3 is 0 Å². The van der Waals surface area contributed by atoms with E-state index < -0.39 is 28.5 Å². The van der Waals surface area contributed by atoms with E-state index in [9.17, 15) is 18.0 Å². The lowest BCUT2D eigenvalue weighted by molar-refractivity contribution is -0.140. The van der Waals surface area contributed by atoms with Crippen LogP contribution in [0.2, 0.25) is 0 Å². The fraction of sp³-hybridized carbons (Fsp3) is 0.220. The molecule has 1 N–H and O–H groups in total. The van der Waals surface area contributed by atoms with Crippen molar-refractivity contribution >= 4 is 27.5 Å². The van der Waals surface area contributed by atoms with Gasteiger partial charge in [-0.2, -0.15) is 0 Å². The number of carbonyl (C=O) groups excluding carboxylic acids is 2. The Morgan fingerprint density at radius 1 is 0.700 bits per heavy atom. The van der Waals surface area contributed by atoms with Crippen molar-refractivity contribution in [2.24, 2.45) is 5.92 Å². The Balaban J connectivity index is 1.54. The van der Waals surface area contributed by atoms with Crippen LogP contribution >= 0.6 is 0 Å². The molecule has 5 aromatic carbocycles. The molecule has 0 unspecified atom stereocenters. The molecule has 0 saturated carbocycles. The van der Waals surface area contributed by atoms with Crippen molar-refractivity contribution in [3.63, 3.8) is 0 Å². The highest BCUT2D eigenvalue weighted by atomic mass is 32.2. The van der Waals surface area contributed by atoms with Crippen LogP contribution in [0.25, 0.3) is 0 Å². The number of amides is 2. The Labute approximate surface area is 295 Å². The van der Waals surface area contributed by atoms with Crippen LogP contribution in [-0.4, -0.2) is 44.3 Å². The third-order valence-corrected chi connectivity index (χ3v) is 9.93. The number of carbonyl (C=O) groups is 2. The summed E-state index contributed by atoms with van der Waals surface area (Å²) in [6.45, 7) is 5.99. The molecule has 5 aromatic rings. The summed E-state index contributed by atoms with van der Waals surface area (Å²) in [5.41, 5.74) is 3.03. The first-order valence-electron chi connectivity index (χ1n) is 16.7. The molecule has 5 rings (SSSR count). The lowest BCUT2D eigenvalue weighted by Gasteiger charge is -2.34. The van der Waals surface area contributed by atoms with Crippen LogP contribution in [-0.2, 0) is 32.6 Å². The summed E-state index contributed by atoms with van der Waals surface area (Å²) < 4.78 is 35.6. The zero-order valence-electron chi connectivity index (χ0n) is 28.6. The number of rotatable bonds is 15. The first-order valence-corrected chi connectivity index (χ1v) is 18.1. The number of para-hydroxylation sites is 1. The Morgan fingerprint density at radius 2 is 1.26 bits per heavy atom. The fourth-order valence-corrected chi connectivity index (χ4v) is 6.86. The second kappa shape index (κ2) is 16.8. The lowest BCUT2D eigenvalue weighted by Crippen LogP contribution is -2.53. The molecule has 0 heterocycles. The topological polar surface area (TPSA) is 96.0 Å². The highest BCUT2D eigenvalue weighted by molar-refractivity contribution is 7.92. The Bertz CT molecular complexity index is 1940. The molecule has 0 spiro atoms. The third-order valence-electron chi connectivity index (χ3n) is 8.14. The molecule has 0 saturated heterocycles. The smallest absolute Gasteiger partial charge is 0.264 e. The quantitative estimate of drug-likeness (QED) is 0.124. The van der Waals surface area contributed by atoms with Crippen LogP contribution in [0.4, 0.5) is 5.69 Å². The Kier molecular flexibility index (Phi) is 12.1. The number of ether oxygens (including phenoxy) is 1. The normalized spacial score (nSPS) is 11.8. The van der Waals surface area contributed by atoms with Gasteiger partial charge in [0, 0.05) is 19.5 Å². The molecule has 0 aliphatic heterocycles. The molecule has 0 bridgehead atoms. The molecule has 0 aliphatic rings. The summed E-state index contributed by atoms with van der Waals surface area (Å²) in [7, 11) is -4.21. The van der Waals surface area contributed by atoms with Gasteiger partial charge in [0.15, 0.2) is 0 Å². The molecule has 0 aromatic heterocycles. The fourth-order valence-electron chi connectivity index (χ4n) is 5.42. The van der Waals surface area contributed by atoms with E-state index in [1.807, 2.05) is 106 Å². The molecule has 0 aliphatic carbocycles. The average Bonchev–Trinajstić information content (AvgIpc) is 3.13. The summed E-state index contributed by atoms with van der Waals surface area (Å²) in [6.07, 6.45) is 0.249. The van der Waals surface area contributed by atoms with Crippen molar-refractivity contribution < 1.29 is 22.7 Å². The van der Waals surface area contributed by atoms with E-state index in [1.54, 1.807) is 42.5 Å². The second-order valence-corrected chi connectivity index (χ2v) is 14.4. The van der Waals surface area contributed by atoms with Gasteiger partial charge in [-0.3, -0.25) is 13.9 Å². The minimum absolute atomic E-state index is 0.0398.